The third-order valence-electron chi connectivity index (χ3n) is 3.64. The number of rotatable bonds is 5. The molecule has 5 nitrogen and oxygen atoms in total. The molecule has 0 spiro atoms. The van der Waals surface area contributed by atoms with E-state index in [-0.39, 0.29) is 17.9 Å². The largest absolute Gasteiger partial charge is 0.370 e. The van der Waals surface area contributed by atoms with Crippen LogP contribution in [0.2, 0.25) is 0 Å². The molecule has 0 bridgehead atoms. The Morgan fingerprint density at radius 1 is 1.29 bits per heavy atom. The molecule has 0 atom stereocenters. The number of aryl methyl sites for hydroxylation is 2. The summed E-state index contributed by atoms with van der Waals surface area (Å²) in [6, 6.07) is 8.12. The summed E-state index contributed by atoms with van der Waals surface area (Å²) in [6.07, 6.45) is 0.254. The topological polar surface area (TPSA) is 88.8 Å². The smallest absolute Gasteiger partial charge is 0.260 e. The Morgan fingerprint density at radius 3 is 2.67 bits per heavy atom. The fraction of sp³-hybridized carbons (Fsp3) is 0.235. The minimum atomic E-state index is -0.362. The van der Waals surface area contributed by atoms with Crippen molar-refractivity contribution >= 4 is 39.2 Å². The Kier molecular flexibility index (Phi) is 4.73. The average molecular weight is 359 g/mol. The van der Waals surface area contributed by atoms with E-state index < -0.39 is 0 Å². The van der Waals surface area contributed by atoms with Gasteiger partial charge in [0.15, 0.2) is 5.16 Å². The van der Waals surface area contributed by atoms with Gasteiger partial charge in [-0.05, 0) is 19.4 Å². The third-order valence-corrected chi connectivity index (χ3v) is 5.52. The number of carbonyl (C=O) groups is 1. The number of thioether (sulfide) groups is 1. The zero-order chi connectivity index (χ0) is 17.3. The highest BCUT2D eigenvalue weighted by Crippen LogP contribution is 2.36. The minimum absolute atomic E-state index is 0.151. The molecule has 0 aliphatic rings. The summed E-state index contributed by atoms with van der Waals surface area (Å²) < 4.78 is 0. The number of amides is 1. The van der Waals surface area contributed by atoms with Gasteiger partial charge in [0, 0.05) is 22.6 Å². The molecule has 7 heteroatoms. The van der Waals surface area contributed by atoms with Crippen LogP contribution in [0.3, 0.4) is 0 Å². The number of benzene rings is 1. The van der Waals surface area contributed by atoms with Gasteiger partial charge < -0.3 is 10.7 Å². The Labute approximate surface area is 147 Å². The fourth-order valence-electron chi connectivity index (χ4n) is 2.48. The zero-order valence-electron chi connectivity index (χ0n) is 13.4. The molecule has 0 radical (unpaired) electrons. The predicted octanol–water partition coefficient (Wildman–Crippen LogP) is 3.24. The maximum absolute atomic E-state index is 12.6. The van der Waals surface area contributed by atoms with E-state index in [1.54, 1.807) is 0 Å². The van der Waals surface area contributed by atoms with Crippen molar-refractivity contribution in [3.05, 3.63) is 45.1 Å². The summed E-state index contributed by atoms with van der Waals surface area (Å²) in [5.74, 6) is 0.137. The number of aromatic amines is 1. The van der Waals surface area contributed by atoms with Crippen LogP contribution in [0.1, 0.15) is 16.9 Å². The van der Waals surface area contributed by atoms with Crippen LogP contribution in [0.15, 0.2) is 34.2 Å². The molecule has 1 amide bonds. The number of fused-ring (bicyclic) bond motifs is 1. The lowest BCUT2D eigenvalue weighted by molar-refractivity contribution is -0.117. The second-order valence-electron chi connectivity index (χ2n) is 5.52. The number of nitrogens with zero attached hydrogens (tertiary/aromatic N) is 1. The van der Waals surface area contributed by atoms with Gasteiger partial charge in [0.05, 0.1) is 5.39 Å². The van der Waals surface area contributed by atoms with Crippen molar-refractivity contribution in [3.63, 3.8) is 0 Å². The number of nitrogens with two attached hydrogens (primary N) is 1. The summed E-state index contributed by atoms with van der Waals surface area (Å²) in [7, 11) is 0. The van der Waals surface area contributed by atoms with Crippen molar-refractivity contribution in [1.29, 1.82) is 0 Å². The summed E-state index contributed by atoms with van der Waals surface area (Å²) in [4.78, 5) is 32.5. The molecule has 3 aromatic rings. The van der Waals surface area contributed by atoms with Crippen LogP contribution in [0.4, 0.5) is 0 Å². The summed E-state index contributed by atoms with van der Waals surface area (Å²) in [6.45, 7) is 4.03. The number of aromatic nitrogens is 2. The number of nitrogens with one attached hydrogen (secondary N) is 1. The van der Waals surface area contributed by atoms with E-state index in [0.29, 0.717) is 21.1 Å². The van der Waals surface area contributed by atoms with Crippen LogP contribution >= 0.6 is 23.1 Å². The maximum atomic E-state index is 12.6. The van der Waals surface area contributed by atoms with Crippen LogP contribution in [0, 0.1) is 13.8 Å². The number of hydrogen-bond donors (Lipinski definition) is 2. The molecule has 2 aromatic heterocycles. The van der Waals surface area contributed by atoms with E-state index in [9.17, 15) is 9.59 Å². The molecular weight excluding hydrogens is 342 g/mol. The molecule has 3 N–H and O–H groups in total. The van der Waals surface area contributed by atoms with E-state index in [0.717, 1.165) is 16.0 Å². The van der Waals surface area contributed by atoms with Crippen LogP contribution in [0.25, 0.3) is 21.3 Å². The quantitative estimate of drug-likeness (QED) is 0.541. The monoisotopic (exact) mass is 359 g/mol. The molecule has 0 fully saturated rings. The lowest BCUT2D eigenvalue weighted by Crippen LogP contribution is -2.12. The molecule has 24 heavy (non-hydrogen) atoms. The molecule has 3 rings (SSSR count). The minimum Gasteiger partial charge on any atom is -0.370 e. The van der Waals surface area contributed by atoms with Gasteiger partial charge in [0.2, 0.25) is 5.91 Å². The molecular formula is C17H17N3O2S2. The number of primary amides is 1. The Morgan fingerprint density at radius 2 is 2.00 bits per heavy atom. The number of H-pyrrole nitrogens is 1. The first kappa shape index (κ1) is 16.7. The van der Waals surface area contributed by atoms with Gasteiger partial charge in [-0.1, -0.05) is 41.6 Å². The van der Waals surface area contributed by atoms with E-state index in [1.165, 1.54) is 28.7 Å². The highest BCUT2D eigenvalue weighted by atomic mass is 32.2. The van der Waals surface area contributed by atoms with Gasteiger partial charge in [0.25, 0.3) is 5.56 Å². The van der Waals surface area contributed by atoms with E-state index in [1.807, 2.05) is 38.1 Å². The second-order valence-corrected chi connectivity index (χ2v) is 7.80. The standard InChI is InChI=1S/C17H17N3O2S2/c1-9-3-5-11(6-4-9)13-10(2)24-16-14(13)15(22)19-17(20-16)23-8-7-12(18)21/h3-6H,7-8H2,1-2H3,(H2,18,21)(H,19,20,22). The Balaban J connectivity index is 2.03. The van der Waals surface area contributed by atoms with Crippen molar-refractivity contribution in [1.82, 2.24) is 9.97 Å². The van der Waals surface area contributed by atoms with Gasteiger partial charge in [-0.15, -0.1) is 11.3 Å². The summed E-state index contributed by atoms with van der Waals surface area (Å²) in [5, 5.41) is 1.14. The van der Waals surface area contributed by atoms with E-state index in [4.69, 9.17) is 5.73 Å². The lowest BCUT2D eigenvalue weighted by atomic mass is 10.0. The molecule has 0 aliphatic heterocycles. The summed E-state index contributed by atoms with van der Waals surface area (Å²) >= 11 is 2.84. The van der Waals surface area contributed by atoms with Crippen molar-refractivity contribution in [3.8, 4) is 11.1 Å². The number of thiophene rings is 1. The molecule has 124 valence electrons. The first-order chi connectivity index (χ1) is 11.5. The SMILES string of the molecule is Cc1ccc(-c2c(C)sc3nc(SCCC(N)=O)[nH]c(=O)c23)cc1. The Hall–Kier alpha value is -2.12. The third kappa shape index (κ3) is 3.37. The second kappa shape index (κ2) is 6.78. The van der Waals surface area contributed by atoms with Crippen molar-refractivity contribution < 1.29 is 4.79 Å². The molecule has 2 heterocycles. The molecule has 0 aliphatic carbocycles. The van der Waals surface area contributed by atoms with Crippen LogP contribution in [-0.4, -0.2) is 21.6 Å². The molecule has 0 saturated carbocycles. The average Bonchev–Trinajstić information content (AvgIpc) is 2.84. The number of carbonyl (C=O) groups excluding carboxylic acids is 1. The van der Waals surface area contributed by atoms with Gasteiger partial charge in [-0.2, -0.15) is 0 Å². The normalized spacial score (nSPS) is 11.1. The van der Waals surface area contributed by atoms with E-state index in [2.05, 4.69) is 9.97 Å². The predicted molar refractivity (Wildman–Crippen MR) is 99.7 cm³/mol. The number of hydrogen-bond acceptors (Lipinski definition) is 5. The van der Waals surface area contributed by atoms with Gasteiger partial charge in [0.1, 0.15) is 4.83 Å². The van der Waals surface area contributed by atoms with Crippen molar-refractivity contribution in [2.75, 3.05) is 5.75 Å². The first-order valence-electron chi connectivity index (χ1n) is 7.47. The maximum Gasteiger partial charge on any atom is 0.260 e. The van der Waals surface area contributed by atoms with Crippen LogP contribution in [-0.2, 0) is 4.79 Å². The van der Waals surface area contributed by atoms with E-state index >= 15 is 0 Å². The molecule has 1 aromatic carbocycles. The van der Waals surface area contributed by atoms with Gasteiger partial charge in [-0.25, -0.2) is 4.98 Å². The fourth-order valence-corrected chi connectivity index (χ4v) is 4.40. The first-order valence-corrected chi connectivity index (χ1v) is 9.27. The lowest BCUT2D eigenvalue weighted by Gasteiger charge is -2.03. The summed E-state index contributed by atoms with van der Waals surface area (Å²) in [5.41, 5.74) is 8.12. The highest BCUT2D eigenvalue weighted by Gasteiger charge is 2.16. The van der Waals surface area contributed by atoms with Crippen LogP contribution in [0.5, 0.6) is 0 Å². The molecule has 0 saturated heterocycles. The van der Waals surface area contributed by atoms with Crippen molar-refractivity contribution in [2.45, 2.75) is 25.4 Å². The van der Waals surface area contributed by atoms with Gasteiger partial charge in [-0.3, -0.25) is 9.59 Å². The van der Waals surface area contributed by atoms with Gasteiger partial charge >= 0.3 is 0 Å². The Bertz CT molecular complexity index is 958. The van der Waals surface area contributed by atoms with Crippen LogP contribution < -0.4 is 11.3 Å². The molecule has 0 unspecified atom stereocenters. The van der Waals surface area contributed by atoms with Crippen molar-refractivity contribution in [2.24, 2.45) is 5.73 Å². The zero-order valence-corrected chi connectivity index (χ0v) is 15.0. The highest BCUT2D eigenvalue weighted by molar-refractivity contribution is 7.99.